The topological polar surface area (TPSA) is 44.5 Å². The molecule has 2 N–H and O–H groups in total. The monoisotopic (exact) mass is 291 g/mol. The van der Waals surface area contributed by atoms with Crippen LogP contribution in [0.4, 0.5) is 0 Å². The second-order valence-corrected chi connectivity index (χ2v) is 6.52. The van der Waals surface area contributed by atoms with Crippen molar-refractivity contribution in [2.45, 2.75) is 51.7 Å². The Morgan fingerprint density at radius 2 is 1.90 bits per heavy atom. The van der Waals surface area contributed by atoms with Crippen molar-refractivity contribution in [2.75, 3.05) is 13.7 Å². The lowest BCUT2D eigenvalue weighted by Crippen LogP contribution is -2.44. The minimum atomic E-state index is 0.149. The first-order chi connectivity index (χ1) is 10.1. The fraction of sp³-hybridized carbons (Fsp3) is 0.667. The van der Waals surface area contributed by atoms with Gasteiger partial charge in [-0.15, -0.1) is 0 Å². The Morgan fingerprint density at radius 1 is 1.19 bits per heavy atom. The number of rotatable bonds is 6. The average molecular weight is 291 g/mol. The summed E-state index contributed by atoms with van der Waals surface area (Å²) in [7, 11) is 1.73. The molecule has 21 heavy (non-hydrogen) atoms. The molecule has 0 heterocycles. The maximum atomic E-state index is 6.24. The van der Waals surface area contributed by atoms with Crippen LogP contribution in [0.3, 0.4) is 0 Å². The quantitative estimate of drug-likeness (QED) is 0.873. The number of ether oxygens (including phenoxy) is 2. The van der Waals surface area contributed by atoms with Crippen molar-refractivity contribution in [2.24, 2.45) is 17.6 Å². The standard InChI is InChI=1S/C18H29NO2/c1-13(2)15-6-9-17(19)18(12-15)21-16-7-4-14(5-8-16)10-11-20-3/h4-5,7-8,13,15,17-18H,6,9-12,19H2,1-3H3. The summed E-state index contributed by atoms with van der Waals surface area (Å²) >= 11 is 0. The molecular weight excluding hydrogens is 262 g/mol. The summed E-state index contributed by atoms with van der Waals surface area (Å²) in [5, 5.41) is 0. The van der Waals surface area contributed by atoms with E-state index in [9.17, 15) is 0 Å². The Kier molecular flexibility index (Phi) is 6.07. The van der Waals surface area contributed by atoms with Crippen molar-refractivity contribution >= 4 is 0 Å². The molecule has 0 radical (unpaired) electrons. The maximum absolute atomic E-state index is 6.24. The number of methoxy groups -OCH3 is 1. The zero-order valence-electron chi connectivity index (χ0n) is 13.5. The average Bonchev–Trinajstić information content (AvgIpc) is 2.48. The van der Waals surface area contributed by atoms with Crippen molar-refractivity contribution in [1.82, 2.24) is 0 Å². The second kappa shape index (κ2) is 7.81. The SMILES string of the molecule is COCCc1ccc(OC2CC(C(C)C)CCC2N)cc1. The van der Waals surface area contributed by atoms with Gasteiger partial charge < -0.3 is 15.2 Å². The highest BCUT2D eigenvalue weighted by molar-refractivity contribution is 5.27. The first-order valence-electron chi connectivity index (χ1n) is 8.10. The van der Waals surface area contributed by atoms with Crippen LogP contribution in [0.25, 0.3) is 0 Å². The summed E-state index contributed by atoms with van der Waals surface area (Å²) in [6.45, 7) is 5.34. The van der Waals surface area contributed by atoms with Gasteiger partial charge >= 0.3 is 0 Å². The second-order valence-electron chi connectivity index (χ2n) is 6.52. The van der Waals surface area contributed by atoms with Crippen molar-refractivity contribution in [3.8, 4) is 5.75 Å². The number of hydrogen-bond donors (Lipinski definition) is 1. The Bertz CT molecular complexity index is 416. The van der Waals surface area contributed by atoms with Gasteiger partial charge in [-0.25, -0.2) is 0 Å². The van der Waals surface area contributed by atoms with Crippen molar-refractivity contribution in [3.63, 3.8) is 0 Å². The van der Waals surface area contributed by atoms with Gasteiger partial charge in [0, 0.05) is 13.2 Å². The van der Waals surface area contributed by atoms with E-state index in [2.05, 4.69) is 38.1 Å². The molecule has 1 aromatic carbocycles. The molecule has 0 bridgehead atoms. The van der Waals surface area contributed by atoms with Gasteiger partial charge in [-0.2, -0.15) is 0 Å². The molecule has 0 amide bonds. The molecule has 1 aliphatic carbocycles. The van der Waals surface area contributed by atoms with Crippen LogP contribution in [0.1, 0.15) is 38.7 Å². The molecule has 118 valence electrons. The first-order valence-corrected chi connectivity index (χ1v) is 8.10. The van der Waals surface area contributed by atoms with Gasteiger partial charge in [0.1, 0.15) is 11.9 Å². The van der Waals surface area contributed by atoms with Crippen LogP contribution in [0, 0.1) is 11.8 Å². The maximum Gasteiger partial charge on any atom is 0.119 e. The van der Waals surface area contributed by atoms with Crippen molar-refractivity contribution < 1.29 is 9.47 Å². The predicted molar refractivity (Wildman–Crippen MR) is 86.6 cm³/mol. The fourth-order valence-corrected chi connectivity index (χ4v) is 3.05. The van der Waals surface area contributed by atoms with Gasteiger partial charge in [0.15, 0.2) is 0 Å². The van der Waals surface area contributed by atoms with Crippen LogP contribution in [0.2, 0.25) is 0 Å². The molecule has 3 nitrogen and oxygen atoms in total. The largest absolute Gasteiger partial charge is 0.489 e. The van der Waals surface area contributed by atoms with E-state index < -0.39 is 0 Å². The molecule has 1 aromatic rings. The molecule has 0 saturated heterocycles. The van der Waals surface area contributed by atoms with Crippen LogP contribution in [-0.2, 0) is 11.2 Å². The summed E-state index contributed by atoms with van der Waals surface area (Å²) in [6, 6.07) is 8.49. The molecule has 0 aromatic heterocycles. The van der Waals surface area contributed by atoms with Gasteiger partial charge in [0.05, 0.1) is 6.61 Å². The minimum absolute atomic E-state index is 0.149. The molecule has 1 saturated carbocycles. The van der Waals surface area contributed by atoms with E-state index in [0.29, 0.717) is 5.92 Å². The molecule has 3 unspecified atom stereocenters. The van der Waals surface area contributed by atoms with E-state index in [-0.39, 0.29) is 12.1 Å². The van der Waals surface area contributed by atoms with E-state index >= 15 is 0 Å². The Balaban J connectivity index is 1.93. The van der Waals surface area contributed by atoms with Crippen LogP contribution < -0.4 is 10.5 Å². The van der Waals surface area contributed by atoms with Crippen LogP contribution in [0.15, 0.2) is 24.3 Å². The summed E-state index contributed by atoms with van der Waals surface area (Å²) in [5.41, 5.74) is 7.52. The van der Waals surface area contributed by atoms with Gasteiger partial charge in [0.25, 0.3) is 0 Å². The Hall–Kier alpha value is -1.06. The summed E-state index contributed by atoms with van der Waals surface area (Å²) in [4.78, 5) is 0. The Labute approximate surface area is 128 Å². The lowest BCUT2D eigenvalue weighted by molar-refractivity contribution is 0.0867. The predicted octanol–water partition coefficient (Wildman–Crippen LogP) is 3.41. The number of hydrogen-bond acceptors (Lipinski definition) is 3. The lowest BCUT2D eigenvalue weighted by Gasteiger charge is -2.36. The molecule has 1 aliphatic rings. The van der Waals surface area contributed by atoms with E-state index in [1.54, 1.807) is 7.11 Å². The minimum Gasteiger partial charge on any atom is -0.489 e. The lowest BCUT2D eigenvalue weighted by atomic mass is 9.78. The van der Waals surface area contributed by atoms with Gasteiger partial charge in [-0.1, -0.05) is 26.0 Å². The Morgan fingerprint density at radius 3 is 2.52 bits per heavy atom. The van der Waals surface area contributed by atoms with Crippen molar-refractivity contribution in [3.05, 3.63) is 29.8 Å². The number of benzene rings is 1. The third-order valence-electron chi connectivity index (χ3n) is 4.63. The third kappa shape index (κ3) is 4.72. The summed E-state index contributed by atoms with van der Waals surface area (Å²) in [6.07, 6.45) is 4.46. The van der Waals surface area contributed by atoms with Gasteiger partial charge in [0.2, 0.25) is 0 Å². The summed E-state index contributed by atoms with van der Waals surface area (Å²) < 4.78 is 11.2. The summed E-state index contributed by atoms with van der Waals surface area (Å²) in [5.74, 6) is 2.37. The third-order valence-corrected chi connectivity index (χ3v) is 4.63. The molecule has 0 spiro atoms. The highest BCUT2D eigenvalue weighted by atomic mass is 16.5. The number of nitrogens with two attached hydrogens (primary N) is 1. The fourth-order valence-electron chi connectivity index (χ4n) is 3.05. The zero-order valence-corrected chi connectivity index (χ0v) is 13.5. The molecule has 3 heteroatoms. The van der Waals surface area contributed by atoms with Gasteiger partial charge in [-0.05, 0) is 55.2 Å². The normalized spacial score (nSPS) is 26.0. The molecular formula is C18H29NO2. The van der Waals surface area contributed by atoms with E-state index in [0.717, 1.165) is 37.5 Å². The smallest absolute Gasteiger partial charge is 0.119 e. The van der Waals surface area contributed by atoms with Crippen molar-refractivity contribution in [1.29, 1.82) is 0 Å². The van der Waals surface area contributed by atoms with Gasteiger partial charge in [-0.3, -0.25) is 0 Å². The van der Waals surface area contributed by atoms with Crippen LogP contribution >= 0.6 is 0 Å². The van der Waals surface area contributed by atoms with Crippen LogP contribution in [0.5, 0.6) is 5.75 Å². The van der Waals surface area contributed by atoms with E-state index in [1.807, 2.05) is 0 Å². The zero-order chi connectivity index (χ0) is 15.2. The van der Waals surface area contributed by atoms with E-state index in [1.165, 1.54) is 12.0 Å². The molecule has 1 fully saturated rings. The highest BCUT2D eigenvalue weighted by Crippen LogP contribution is 2.31. The highest BCUT2D eigenvalue weighted by Gasteiger charge is 2.31. The first kappa shape index (κ1) is 16.3. The molecule has 0 aliphatic heterocycles. The molecule has 2 rings (SSSR count). The van der Waals surface area contributed by atoms with Crippen LogP contribution in [-0.4, -0.2) is 25.9 Å². The molecule has 3 atom stereocenters. The van der Waals surface area contributed by atoms with E-state index in [4.69, 9.17) is 15.2 Å².